The van der Waals surface area contributed by atoms with Crippen LogP contribution in [0.25, 0.3) is 21.8 Å². The van der Waals surface area contributed by atoms with Crippen molar-refractivity contribution < 1.29 is 0 Å². The zero-order valence-electron chi connectivity index (χ0n) is 12.5. The van der Waals surface area contributed by atoms with Crippen LogP contribution in [-0.2, 0) is 0 Å². The van der Waals surface area contributed by atoms with Gasteiger partial charge in [0.15, 0.2) is 0 Å². The minimum Gasteiger partial charge on any atom is -0.343 e. The summed E-state index contributed by atoms with van der Waals surface area (Å²) in [6, 6.07) is 16.7. The van der Waals surface area contributed by atoms with Gasteiger partial charge < -0.3 is 10.3 Å². The van der Waals surface area contributed by atoms with Crippen molar-refractivity contribution in [2.24, 2.45) is 0 Å². The van der Waals surface area contributed by atoms with Crippen LogP contribution in [0, 0.1) is 13.8 Å². The van der Waals surface area contributed by atoms with Gasteiger partial charge in [-0.15, -0.1) is 0 Å². The van der Waals surface area contributed by atoms with Crippen molar-refractivity contribution in [1.29, 1.82) is 0 Å². The fourth-order valence-electron chi connectivity index (χ4n) is 2.75. The van der Waals surface area contributed by atoms with Gasteiger partial charge in [0.05, 0.1) is 5.39 Å². The number of nitrogens with one attached hydrogen (secondary N) is 2. The molecule has 4 aromatic rings. The molecular weight excluding hydrogens is 272 g/mol. The third-order valence-electron chi connectivity index (χ3n) is 3.75. The van der Waals surface area contributed by atoms with E-state index in [9.17, 15) is 0 Å². The van der Waals surface area contributed by atoms with E-state index in [-0.39, 0.29) is 0 Å². The molecule has 0 radical (unpaired) electrons. The Morgan fingerprint density at radius 2 is 1.73 bits per heavy atom. The highest BCUT2D eigenvalue weighted by Gasteiger charge is 2.08. The lowest BCUT2D eigenvalue weighted by Crippen LogP contribution is -1.98. The van der Waals surface area contributed by atoms with E-state index in [0.717, 1.165) is 34.1 Å². The van der Waals surface area contributed by atoms with Crippen molar-refractivity contribution in [3.63, 3.8) is 0 Å². The number of H-pyrrole nitrogens is 1. The van der Waals surface area contributed by atoms with Gasteiger partial charge in [-0.1, -0.05) is 30.3 Å². The van der Waals surface area contributed by atoms with E-state index in [2.05, 4.69) is 68.8 Å². The number of rotatable bonds is 2. The van der Waals surface area contributed by atoms with Crippen LogP contribution in [0.15, 0.2) is 48.5 Å². The first-order valence-corrected chi connectivity index (χ1v) is 7.29. The second-order valence-corrected chi connectivity index (χ2v) is 5.52. The molecule has 4 nitrogen and oxygen atoms in total. The van der Waals surface area contributed by atoms with Crippen LogP contribution in [-0.4, -0.2) is 15.0 Å². The van der Waals surface area contributed by atoms with Gasteiger partial charge in [-0.25, -0.2) is 9.97 Å². The SMILES string of the molecule is Cc1nc(Nc2ccc3ccccc3c2)c2cc(C)[nH]c2n1. The molecule has 2 aromatic heterocycles. The molecule has 0 atom stereocenters. The minimum atomic E-state index is 0.748. The highest BCUT2D eigenvalue weighted by Crippen LogP contribution is 2.26. The lowest BCUT2D eigenvalue weighted by molar-refractivity contribution is 1.08. The Morgan fingerprint density at radius 3 is 2.59 bits per heavy atom. The maximum atomic E-state index is 4.55. The third kappa shape index (κ3) is 2.19. The second-order valence-electron chi connectivity index (χ2n) is 5.52. The number of fused-ring (bicyclic) bond motifs is 2. The molecule has 0 aliphatic rings. The molecule has 0 amide bonds. The smallest absolute Gasteiger partial charge is 0.143 e. The Bertz CT molecular complexity index is 985. The summed E-state index contributed by atoms with van der Waals surface area (Å²) in [5.74, 6) is 1.58. The summed E-state index contributed by atoms with van der Waals surface area (Å²) >= 11 is 0. The fourth-order valence-corrected chi connectivity index (χ4v) is 2.75. The zero-order chi connectivity index (χ0) is 15.1. The van der Waals surface area contributed by atoms with Crippen LogP contribution in [0.1, 0.15) is 11.5 Å². The number of aromatic amines is 1. The van der Waals surface area contributed by atoms with Gasteiger partial charge in [0, 0.05) is 11.4 Å². The Morgan fingerprint density at radius 1 is 0.909 bits per heavy atom. The quantitative estimate of drug-likeness (QED) is 0.572. The van der Waals surface area contributed by atoms with E-state index in [0.29, 0.717) is 0 Å². The number of benzene rings is 2. The van der Waals surface area contributed by atoms with Crippen LogP contribution in [0.2, 0.25) is 0 Å². The van der Waals surface area contributed by atoms with Gasteiger partial charge in [0.25, 0.3) is 0 Å². The van der Waals surface area contributed by atoms with E-state index >= 15 is 0 Å². The van der Waals surface area contributed by atoms with Gasteiger partial charge in [-0.05, 0) is 42.8 Å². The van der Waals surface area contributed by atoms with E-state index in [1.54, 1.807) is 0 Å². The lowest BCUT2D eigenvalue weighted by atomic mass is 10.1. The van der Waals surface area contributed by atoms with Crippen LogP contribution < -0.4 is 5.32 Å². The summed E-state index contributed by atoms with van der Waals surface area (Å²) in [6.45, 7) is 3.93. The fraction of sp³-hybridized carbons (Fsp3) is 0.111. The number of aryl methyl sites for hydroxylation is 2. The number of anilines is 2. The molecule has 0 aliphatic carbocycles. The number of hydrogen-bond acceptors (Lipinski definition) is 3. The molecule has 0 spiro atoms. The maximum absolute atomic E-state index is 4.55. The summed E-state index contributed by atoms with van der Waals surface area (Å²) in [7, 11) is 0. The predicted molar refractivity (Wildman–Crippen MR) is 90.6 cm³/mol. The molecule has 2 aromatic carbocycles. The maximum Gasteiger partial charge on any atom is 0.143 e. The molecular formula is C18H16N4. The summed E-state index contributed by atoms with van der Waals surface area (Å²) in [6.07, 6.45) is 0. The topological polar surface area (TPSA) is 53.6 Å². The first-order valence-electron chi connectivity index (χ1n) is 7.29. The molecule has 0 fully saturated rings. The first-order chi connectivity index (χ1) is 10.7. The minimum absolute atomic E-state index is 0.748. The first kappa shape index (κ1) is 12.8. The van der Waals surface area contributed by atoms with E-state index < -0.39 is 0 Å². The van der Waals surface area contributed by atoms with Crippen LogP contribution in [0.3, 0.4) is 0 Å². The largest absolute Gasteiger partial charge is 0.343 e. The van der Waals surface area contributed by atoms with Gasteiger partial charge in [-0.2, -0.15) is 0 Å². The van der Waals surface area contributed by atoms with Crippen molar-refractivity contribution in [2.75, 3.05) is 5.32 Å². The standard InChI is InChI=1S/C18H16N4/c1-11-9-16-17(19-11)20-12(2)21-18(16)22-15-8-7-13-5-3-4-6-14(13)10-15/h3-10H,1-2H3,(H2,19,20,21,22). The number of aromatic nitrogens is 3. The Balaban J connectivity index is 1.81. The number of nitrogens with zero attached hydrogens (tertiary/aromatic N) is 2. The molecule has 4 heteroatoms. The Hall–Kier alpha value is -2.88. The molecule has 2 N–H and O–H groups in total. The molecule has 0 unspecified atom stereocenters. The van der Waals surface area contributed by atoms with Crippen molar-refractivity contribution in [3.05, 3.63) is 60.0 Å². The van der Waals surface area contributed by atoms with Gasteiger partial charge in [0.2, 0.25) is 0 Å². The van der Waals surface area contributed by atoms with E-state index in [1.165, 1.54) is 10.8 Å². The molecule has 0 bridgehead atoms. The summed E-state index contributed by atoms with van der Waals surface area (Å²) in [5, 5.41) is 6.87. The van der Waals surface area contributed by atoms with Gasteiger partial charge >= 0.3 is 0 Å². The van der Waals surface area contributed by atoms with Crippen LogP contribution in [0.5, 0.6) is 0 Å². The lowest BCUT2D eigenvalue weighted by Gasteiger charge is -2.08. The highest BCUT2D eigenvalue weighted by atomic mass is 15.1. The van der Waals surface area contributed by atoms with Crippen molar-refractivity contribution >= 4 is 33.3 Å². The molecule has 22 heavy (non-hydrogen) atoms. The molecule has 2 heterocycles. The van der Waals surface area contributed by atoms with Gasteiger partial charge in [0.1, 0.15) is 17.3 Å². The summed E-state index contributed by atoms with van der Waals surface area (Å²) < 4.78 is 0. The molecule has 108 valence electrons. The van der Waals surface area contributed by atoms with E-state index in [1.807, 2.05) is 13.8 Å². The summed E-state index contributed by atoms with van der Waals surface area (Å²) in [4.78, 5) is 12.3. The average molecular weight is 288 g/mol. The molecule has 0 aliphatic heterocycles. The van der Waals surface area contributed by atoms with E-state index in [4.69, 9.17) is 0 Å². The third-order valence-corrected chi connectivity index (χ3v) is 3.75. The monoisotopic (exact) mass is 288 g/mol. The van der Waals surface area contributed by atoms with Crippen LogP contribution in [0.4, 0.5) is 11.5 Å². The second kappa shape index (κ2) is 4.84. The highest BCUT2D eigenvalue weighted by molar-refractivity contribution is 5.92. The Labute approximate surface area is 128 Å². The van der Waals surface area contributed by atoms with Gasteiger partial charge in [-0.3, -0.25) is 0 Å². The molecule has 4 rings (SSSR count). The number of hydrogen-bond donors (Lipinski definition) is 2. The zero-order valence-corrected chi connectivity index (χ0v) is 12.5. The molecule has 0 saturated carbocycles. The Kier molecular flexibility index (Phi) is 2.82. The summed E-state index contributed by atoms with van der Waals surface area (Å²) in [5.41, 5.74) is 2.97. The predicted octanol–water partition coefficient (Wildman–Crippen LogP) is 4.47. The average Bonchev–Trinajstić information content (AvgIpc) is 2.87. The van der Waals surface area contributed by atoms with Crippen molar-refractivity contribution in [3.8, 4) is 0 Å². The normalized spacial score (nSPS) is 11.2. The van der Waals surface area contributed by atoms with Crippen molar-refractivity contribution in [2.45, 2.75) is 13.8 Å². The molecule has 0 saturated heterocycles. The van der Waals surface area contributed by atoms with Crippen molar-refractivity contribution in [1.82, 2.24) is 15.0 Å². The van der Waals surface area contributed by atoms with Crippen LogP contribution >= 0.6 is 0 Å².